The molecule has 4 N–H and O–H groups in total. The van der Waals surface area contributed by atoms with Crippen LogP contribution in [0.3, 0.4) is 0 Å². The molecular formula is C11H14ClN3O2. The molecule has 0 aromatic heterocycles. The number of benzene rings is 1. The number of carbonyl (C=O) groups excluding carboxylic acids is 2. The van der Waals surface area contributed by atoms with Gasteiger partial charge in [-0.1, -0.05) is 6.07 Å². The summed E-state index contributed by atoms with van der Waals surface area (Å²) in [7, 11) is 0. The highest BCUT2D eigenvalue weighted by molar-refractivity contribution is 6.40. The number of carbonyl (C=O) groups is 2. The van der Waals surface area contributed by atoms with Crippen LogP contribution in [0.1, 0.15) is 5.56 Å². The minimum absolute atomic E-state index is 0.247. The van der Waals surface area contributed by atoms with Gasteiger partial charge in [-0.3, -0.25) is 9.59 Å². The van der Waals surface area contributed by atoms with E-state index in [1.54, 1.807) is 18.2 Å². The SMILES string of the molecule is Cc1ccc(NC(=O)C(=O)NCCCl)c(N)c1. The molecule has 0 unspecified atom stereocenters. The third-order valence-corrected chi connectivity index (χ3v) is 2.23. The second kappa shape index (κ2) is 6.10. The maximum absolute atomic E-state index is 11.4. The first-order valence-corrected chi connectivity index (χ1v) is 5.59. The zero-order valence-electron chi connectivity index (χ0n) is 9.42. The van der Waals surface area contributed by atoms with Crippen molar-refractivity contribution in [3.63, 3.8) is 0 Å². The molecule has 0 aliphatic heterocycles. The molecule has 0 saturated carbocycles. The summed E-state index contributed by atoms with van der Waals surface area (Å²) in [5, 5.41) is 4.79. The molecule has 1 aromatic carbocycles. The fourth-order valence-corrected chi connectivity index (χ4v) is 1.31. The minimum Gasteiger partial charge on any atom is -0.397 e. The Bertz CT molecular complexity index is 435. The van der Waals surface area contributed by atoms with Gasteiger partial charge in [0.1, 0.15) is 0 Å². The molecule has 6 heteroatoms. The minimum atomic E-state index is -0.759. The second-order valence-electron chi connectivity index (χ2n) is 3.49. The zero-order chi connectivity index (χ0) is 12.8. The van der Waals surface area contributed by atoms with Gasteiger partial charge in [-0.2, -0.15) is 0 Å². The fraction of sp³-hybridized carbons (Fsp3) is 0.273. The van der Waals surface area contributed by atoms with Crippen LogP contribution >= 0.6 is 11.6 Å². The average Bonchev–Trinajstić information content (AvgIpc) is 2.29. The van der Waals surface area contributed by atoms with Crippen LogP contribution in [0, 0.1) is 6.92 Å². The lowest BCUT2D eigenvalue weighted by atomic mass is 10.2. The Hall–Kier alpha value is -1.75. The Morgan fingerprint density at radius 1 is 1.35 bits per heavy atom. The topological polar surface area (TPSA) is 84.2 Å². The summed E-state index contributed by atoms with van der Waals surface area (Å²) in [5.74, 6) is -1.23. The zero-order valence-corrected chi connectivity index (χ0v) is 10.2. The van der Waals surface area contributed by atoms with Gasteiger partial charge in [0.05, 0.1) is 11.4 Å². The molecule has 17 heavy (non-hydrogen) atoms. The van der Waals surface area contributed by atoms with Crippen molar-refractivity contribution < 1.29 is 9.59 Å². The number of alkyl halides is 1. The molecule has 5 nitrogen and oxygen atoms in total. The molecule has 92 valence electrons. The molecule has 0 saturated heterocycles. The summed E-state index contributed by atoms with van der Waals surface area (Å²) in [4.78, 5) is 22.7. The van der Waals surface area contributed by atoms with E-state index in [2.05, 4.69) is 10.6 Å². The van der Waals surface area contributed by atoms with Gasteiger partial charge in [0.15, 0.2) is 0 Å². The predicted molar refractivity (Wildman–Crippen MR) is 68.0 cm³/mol. The maximum atomic E-state index is 11.4. The van der Waals surface area contributed by atoms with Crippen molar-refractivity contribution in [2.45, 2.75) is 6.92 Å². The molecular weight excluding hydrogens is 242 g/mol. The molecule has 0 bridgehead atoms. The Morgan fingerprint density at radius 2 is 2.06 bits per heavy atom. The summed E-state index contributed by atoms with van der Waals surface area (Å²) in [5.41, 5.74) is 7.52. The van der Waals surface area contributed by atoms with Crippen molar-refractivity contribution >= 4 is 34.8 Å². The molecule has 0 atom stereocenters. The standard InChI is InChI=1S/C11H14ClN3O2/c1-7-2-3-9(8(13)6-7)15-11(17)10(16)14-5-4-12/h2-3,6H,4-5,13H2,1H3,(H,14,16)(H,15,17). The average molecular weight is 256 g/mol. The molecule has 0 spiro atoms. The van der Waals surface area contributed by atoms with Gasteiger partial charge in [-0.05, 0) is 24.6 Å². The van der Waals surface area contributed by atoms with Crippen molar-refractivity contribution in [2.24, 2.45) is 0 Å². The highest BCUT2D eigenvalue weighted by atomic mass is 35.5. The van der Waals surface area contributed by atoms with Gasteiger partial charge in [0.2, 0.25) is 0 Å². The second-order valence-corrected chi connectivity index (χ2v) is 3.87. The van der Waals surface area contributed by atoms with E-state index in [9.17, 15) is 9.59 Å². The Labute approximate surface area is 104 Å². The third kappa shape index (κ3) is 3.96. The maximum Gasteiger partial charge on any atom is 0.313 e. The van der Waals surface area contributed by atoms with E-state index in [1.807, 2.05) is 6.92 Å². The third-order valence-electron chi connectivity index (χ3n) is 2.04. The number of nitrogen functional groups attached to an aromatic ring is 1. The molecule has 2 amide bonds. The first-order valence-electron chi connectivity index (χ1n) is 5.06. The monoisotopic (exact) mass is 255 g/mol. The highest BCUT2D eigenvalue weighted by Crippen LogP contribution is 2.19. The summed E-state index contributed by atoms with van der Waals surface area (Å²) in [6.07, 6.45) is 0. The molecule has 0 heterocycles. The van der Waals surface area contributed by atoms with Crippen molar-refractivity contribution in [1.29, 1.82) is 0 Å². The normalized spacial score (nSPS) is 9.76. The van der Waals surface area contributed by atoms with E-state index < -0.39 is 11.8 Å². The summed E-state index contributed by atoms with van der Waals surface area (Å²) in [6.45, 7) is 2.13. The van der Waals surface area contributed by atoms with E-state index in [0.29, 0.717) is 11.4 Å². The Balaban J connectivity index is 2.64. The first-order chi connectivity index (χ1) is 8.04. The number of aryl methyl sites for hydroxylation is 1. The largest absolute Gasteiger partial charge is 0.397 e. The van der Waals surface area contributed by atoms with Gasteiger partial charge in [0.25, 0.3) is 0 Å². The van der Waals surface area contributed by atoms with E-state index >= 15 is 0 Å². The van der Waals surface area contributed by atoms with Crippen LogP contribution in [-0.2, 0) is 9.59 Å². The van der Waals surface area contributed by atoms with Gasteiger partial charge < -0.3 is 16.4 Å². The van der Waals surface area contributed by atoms with Gasteiger partial charge in [-0.15, -0.1) is 11.6 Å². The predicted octanol–water partition coefficient (Wildman–Crippen LogP) is 0.871. The van der Waals surface area contributed by atoms with Crippen molar-refractivity contribution in [3.8, 4) is 0 Å². The van der Waals surface area contributed by atoms with Crippen LogP contribution in [0.4, 0.5) is 11.4 Å². The summed E-state index contributed by atoms with van der Waals surface area (Å²) < 4.78 is 0. The van der Waals surface area contributed by atoms with Crippen LogP contribution < -0.4 is 16.4 Å². The number of rotatable bonds is 3. The number of amides is 2. The summed E-state index contributed by atoms with van der Waals surface area (Å²) >= 11 is 5.39. The lowest BCUT2D eigenvalue weighted by molar-refractivity contribution is -0.136. The van der Waals surface area contributed by atoms with E-state index in [-0.39, 0.29) is 12.4 Å². The van der Waals surface area contributed by atoms with Gasteiger partial charge >= 0.3 is 11.8 Å². The van der Waals surface area contributed by atoms with Crippen LogP contribution in [0.25, 0.3) is 0 Å². The van der Waals surface area contributed by atoms with Crippen molar-refractivity contribution in [2.75, 3.05) is 23.5 Å². The smallest absolute Gasteiger partial charge is 0.313 e. The van der Waals surface area contributed by atoms with Gasteiger partial charge in [-0.25, -0.2) is 0 Å². The highest BCUT2D eigenvalue weighted by Gasteiger charge is 2.13. The first kappa shape index (κ1) is 13.3. The quantitative estimate of drug-likeness (QED) is 0.426. The number of nitrogens with two attached hydrogens (primary N) is 1. The van der Waals surface area contributed by atoms with Crippen molar-refractivity contribution in [3.05, 3.63) is 23.8 Å². The molecule has 0 radical (unpaired) electrons. The number of anilines is 2. The van der Waals surface area contributed by atoms with Crippen LogP contribution in [0.5, 0.6) is 0 Å². The lowest BCUT2D eigenvalue weighted by Crippen LogP contribution is -2.36. The molecule has 0 fully saturated rings. The number of nitrogens with one attached hydrogen (secondary N) is 2. The number of hydrogen-bond acceptors (Lipinski definition) is 3. The lowest BCUT2D eigenvalue weighted by Gasteiger charge is -2.08. The Kier molecular flexibility index (Phi) is 4.78. The fourth-order valence-electron chi connectivity index (χ4n) is 1.22. The van der Waals surface area contributed by atoms with Gasteiger partial charge in [0, 0.05) is 12.4 Å². The van der Waals surface area contributed by atoms with E-state index in [1.165, 1.54) is 0 Å². The van der Waals surface area contributed by atoms with Crippen molar-refractivity contribution in [1.82, 2.24) is 5.32 Å². The molecule has 0 aliphatic rings. The van der Waals surface area contributed by atoms with Crippen LogP contribution in [0.2, 0.25) is 0 Å². The molecule has 1 rings (SSSR count). The molecule has 1 aromatic rings. The van der Waals surface area contributed by atoms with Crippen LogP contribution in [-0.4, -0.2) is 24.2 Å². The Morgan fingerprint density at radius 3 is 2.65 bits per heavy atom. The van der Waals surface area contributed by atoms with Crippen LogP contribution in [0.15, 0.2) is 18.2 Å². The summed E-state index contributed by atoms with van der Waals surface area (Å²) in [6, 6.07) is 5.16. The van der Waals surface area contributed by atoms with E-state index in [4.69, 9.17) is 17.3 Å². The number of hydrogen-bond donors (Lipinski definition) is 3. The molecule has 0 aliphatic carbocycles. The van der Waals surface area contributed by atoms with E-state index in [0.717, 1.165) is 5.56 Å². The number of halogens is 1.